The average Bonchev–Trinajstić information content (AvgIpc) is 3.23. The minimum Gasteiger partial charge on any atom is -0.496 e. The van der Waals surface area contributed by atoms with E-state index in [1.54, 1.807) is 13.2 Å². The summed E-state index contributed by atoms with van der Waals surface area (Å²) in [5.41, 5.74) is 1.43. The second kappa shape index (κ2) is 5.83. The first-order valence-corrected chi connectivity index (χ1v) is 7.30. The summed E-state index contributed by atoms with van der Waals surface area (Å²) in [6, 6.07) is 5.63. The molecule has 108 valence electrons. The Labute approximate surface area is 119 Å². The van der Waals surface area contributed by atoms with Gasteiger partial charge in [0, 0.05) is 5.56 Å². The zero-order chi connectivity index (χ0) is 13.9. The number of hydrogen-bond donors (Lipinski definition) is 0. The summed E-state index contributed by atoms with van der Waals surface area (Å²) in [5.74, 6) is 0.270. The molecule has 1 aromatic rings. The van der Waals surface area contributed by atoms with Crippen LogP contribution in [0.3, 0.4) is 0 Å². The van der Waals surface area contributed by atoms with Gasteiger partial charge in [0.1, 0.15) is 17.4 Å². The largest absolute Gasteiger partial charge is 0.496 e. The van der Waals surface area contributed by atoms with Gasteiger partial charge in [0.2, 0.25) is 0 Å². The SMILES string of the molecule is COc1cccc2c1C(=O)OCCCCCCC1OC21. The monoisotopic (exact) mass is 276 g/mol. The normalized spacial score (nSPS) is 26.4. The van der Waals surface area contributed by atoms with Gasteiger partial charge in [-0.05, 0) is 18.9 Å². The number of carbonyl (C=O) groups excluding carboxylic acids is 1. The van der Waals surface area contributed by atoms with Crippen molar-refractivity contribution in [2.75, 3.05) is 13.7 Å². The lowest BCUT2D eigenvalue weighted by Gasteiger charge is -2.13. The Bertz CT molecular complexity index is 497. The smallest absolute Gasteiger partial charge is 0.342 e. The summed E-state index contributed by atoms with van der Waals surface area (Å²) in [6.07, 6.45) is 5.70. The van der Waals surface area contributed by atoms with Crippen LogP contribution >= 0.6 is 0 Å². The molecule has 0 bridgehead atoms. The van der Waals surface area contributed by atoms with Crippen molar-refractivity contribution in [2.45, 2.75) is 44.3 Å². The Morgan fingerprint density at radius 3 is 2.90 bits per heavy atom. The van der Waals surface area contributed by atoms with E-state index in [0.29, 0.717) is 17.9 Å². The number of benzene rings is 1. The Balaban J connectivity index is 1.93. The van der Waals surface area contributed by atoms with Crippen LogP contribution in [0.15, 0.2) is 18.2 Å². The highest BCUT2D eigenvalue weighted by Crippen LogP contribution is 2.45. The molecule has 0 saturated carbocycles. The van der Waals surface area contributed by atoms with Crippen molar-refractivity contribution >= 4 is 5.97 Å². The number of rotatable bonds is 1. The molecule has 0 radical (unpaired) electrons. The van der Waals surface area contributed by atoms with Crippen molar-refractivity contribution in [3.63, 3.8) is 0 Å². The summed E-state index contributed by atoms with van der Waals surface area (Å²) in [7, 11) is 1.57. The van der Waals surface area contributed by atoms with E-state index in [1.807, 2.05) is 12.1 Å². The third-order valence-corrected chi connectivity index (χ3v) is 3.99. The quantitative estimate of drug-likeness (QED) is 0.583. The van der Waals surface area contributed by atoms with Gasteiger partial charge in [0.15, 0.2) is 0 Å². The highest BCUT2D eigenvalue weighted by Gasteiger charge is 2.42. The van der Waals surface area contributed by atoms with Crippen molar-refractivity contribution in [1.82, 2.24) is 0 Å². The standard InChI is InChI=1S/C16H20O4/c1-18-12-9-6-7-11-14(12)16(17)19-10-5-3-2-4-8-13-15(11)20-13/h6-7,9,13,15H,2-5,8,10H2,1H3. The zero-order valence-electron chi connectivity index (χ0n) is 11.8. The average molecular weight is 276 g/mol. The van der Waals surface area contributed by atoms with Gasteiger partial charge < -0.3 is 14.2 Å². The Hall–Kier alpha value is -1.55. The van der Waals surface area contributed by atoms with Crippen molar-refractivity contribution in [2.24, 2.45) is 0 Å². The molecule has 2 unspecified atom stereocenters. The molecule has 2 atom stereocenters. The number of methoxy groups -OCH3 is 1. The van der Waals surface area contributed by atoms with Gasteiger partial charge in [0.25, 0.3) is 0 Å². The predicted molar refractivity (Wildman–Crippen MR) is 74.0 cm³/mol. The maximum absolute atomic E-state index is 12.3. The lowest BCUT2D eigenvalue weighted by atomic mass is 9.99. The molecular weight excluding hydrogens is 256 g/mol. The second-order valence-electron chi connectivity index (χ2n) is 5.36. The first kappa shape index (κ1) is 13.4. The third kappa shape index (κ3) is 2.66. The number of hydrogen-bond acceptors (Lipinski definition) is 4. The van der Waals surface area contributed by atoms with Crippen LogP contribution < -0.4 is 4.74 Å². The van der Waals surface area contributed by atoms with Gasteiger partial charge in [-0.1, -0.05) is 31.4 Å². The fourth-order valence-corrected chi connectivity index (χ4v) is 2.85. The molecule has 0 aliphatic carbocycles. The van der Waals surface area contributed by atoms with Gasteiger partial charge in [-0.3, -0.25) is 0 Å². The molecule has 1 fully saturated rings. The van der Waals surface area contributed by atoms with E-state index in [0.717, 1.165) is 24.8 Å². The van der Waals surface area contributed by atoms with Crippen LogP contribution in [0, 0.1) is 0 Å². The maximum atomic E-state index is 12.3. The van der Waals surface area contributed by atoms with Gasteiger partial charge in [-0.15, -0.1) is 0 Å². The minimum absolute atomic E-state index is 0.0204. The number of epoxide rings is 1. The Morgan fingerprint density at radius 2 is 2.05 bits per heavy atom. The zero-order valence-corrected chi connectivity index (χ0v) is 11.8. The van der Waals surface area contributed by atoms with E-state index in [2.05, 4.69) is 0 Å². The van der Waals surface area contributed by atoms with Gasteiger partial charge >= 0.3 is 5.97 Å². The fourth-order valence-electron chi connectivity index (χ4n) is 2.85. The van der Waals surface area contributed by atoms with E-state index >= 15 is 0 Å². The van der Waals surface area contributed by atoms with Gasteiger partial charge in [-0.2, -0.15) is 0 Å². The number of carbonyl (C=O) groups is 1. The maximum Gasteiger partial charge on any atom is 0.342 e. The highest BCUT2D eigenvalue weighted by atomic mass is 16.6. The summed E-state index contributed by atoms with van der Waals surface area (Å²) < 4.78 is 16.4. The molecule has 1 aromatic carbocycles. The van der Waals surface area contributed by atoms with Gasteiger partial charge in [-0.25, -0.2) is 4.79 Å². The van der Waals surface area contributed by atoms with E-state index in [4.69, 9.17) is 14.2 Å². The molecule has 4 nitrogen and oxygen atoms in total. The molecule has 0 aromatic heterocycles. The number of cyclic esters (lactones) is 1. The number of esters is 1. The van der Waals surface area contributed by atoms with Crippen molar-refractivity contribution in [3.8, 4) is 5.75 Å². The molecule has 2 aliphatic heterocycles. The molecule has 0 N–H and O–H groups in total. The summed E-state index contributed by atoms with van der Waals surface area (Å²) in [5, 5.41) is 0. The molecule has 2 aliphatic rings. The Morgan fingerprint density at radius 1 is 1.20 bits per heavy atom. The highest BCUT2D eigenvalue weighted by molar-refractivity contribution is 5.94. The third-order valence-electron chi connectivity index (χ3n) is 3.99. The van der Waals surface area contributed by atoms with Crippen LogP contribution in [0.1, 0.15) is 54.1 Å². The van der Waals surface area contributed by atoms with Crippen LogP contribution in [0.25, 0.3) is 0 Å². The van der Waals surface area contributed by atoms with Crippen LogP contribution in [-0.2, 0) is 9.47 Å². The summed E-state index contributed by atoms with van der Waals surface area (Å²) in [6.45, 7) is 0.477. The second-order valence-corrected chi connectivity index (χ2v) is 5.36. The first-order valence-electron chi connectivity index (χ1n) is 7.30. The molecule has 3 rings (SSSR count). The van der Waals surface area contributed by atoms with E-state index in [-0.39, 0.29) is 18.2 Å². The summed E-state index contributed by atoms with van der Waals surface area (Å²) in [4.78, 5) is 12.3. The van der Waals surface area contributed by atoms with Crippen LogP contribution in [0.4, 0.5) is 0 Å². The molecule has 0 spiro atoms. The molecule has 4 heteroatoms. The molecule has 0 amide bonds. The fraction of sp³-hybridized carbons (Fsp3) is 0.562. The van der Waals surface area contributed by atoms with E-state index in [1.165, 1.54) is 12.8 Å². The van der Waals surface area contributed by atoms with E-state index < -0.39 is 0 Å². The predicted octanol–water partition coefficient (Wildman–Crippen LogP) is 3.26. The van der Waals surface area contributed by atoms with Crippen LogP contribution in [0.5, 0.6) is 5.75 Å². The lowest BCUT2D eigenvalue weighted by Crippen LogP contribution is -2.12. The number of fused-ring (bicyclic) bond motifs is 3. The molecule has 20 heavy (non-hydrogen) atoms. The lowest BCUT2D eigenvalue weighted by molar-refractivity contribution is 0.0492. The molecule has 1 saturated heterocycles. The van der Waals surface area contributed by atoms with Crippen LogP contribution in [0.2, 0.25) is 0 Å². The van der Waals surface area contributed by atoms with Crippen molar-refractivity contribution in [1.29, 1.82) is 0 Å². The number of ether oxygens (including phenoxy) is 3. The molecular formula is C16H20O4. The summed E-state index contributed by atoms with van der Waals surface area (Å²) >= 11 is 0. The van der Waals surface area contributed by atoms with E-state index in [9.17, 15) is 4.79 Å². The van der Waals surface area contributed by atoms with Gasteiger partial charge in [0.05, 0.1) is 19.8 Å². The van der Waals surface area contributed by atoms with Crippen LogP contribution in [-0.4, -0.2) is 25.8 Å². The first-order chi connectivity index (χ1) is 9.81. The minimum atomic E-state index is -0.299. The molecule has 2 heterocycles. The Kier molecular flexibility index (Phi) is 3.92. The van der Waals surface area contributed by atoms with Crippen molar-refractivity contribution < 1.29 is 19.0 Å². The van der Waals surface area contributed by atoms with Crippen molar-refractivity contribution in [3.05, 3.63) is 29.3 Å². The topological polar surface area (TPSA) is 48.1 Å².